The quantitative estimate of drug-likeness (QED) is 0.824. The molecule has 4 heteroatoms. The van der Waals surface area contributed by atoms with Crippen LogP contribution in [-0.4, -0.2) is 27.2 Å². The van der Waals surface area contributed by atoms with E-state index in [1.165, 1.54) is 4.90 Å². The van der Waals surface area contributed by atoms with Crippen LogP contribution < -0.4 is 9.64 Å². The third-order valence-electron chi connectivity index (χ3n) is 2.21. The van der Waals surface area contributed by atoms with Crippen LogP contribution in [0.2, 0.25) is 5.02 Å². The summed E-state index contributed by atoms with van der Waals surface area (Å²) in [6.07, 6.45) is 1.03. The monoisotopic (exact) mass is 306 g/mol. The van der Waals surface area contributed by atoms with Gasteiger partial charge in [0.15, 0.2) is 5.75 Å². The van der Waals surface area contributed by atoms with E-state index in [9.17, 15) is 0 Å². The van der Waals surface area contributed by atoms with Crippen LogP contribution in [0.4, 0.5) is 0 Å². The summed E-state index contributed by atoms with van der Waals surface area (Å²) in [4.78, 5) is 1.43. The second-order valence-electron chi connectivity index (χ2n) is 4.22. The first-order chi connectivity index (χ1) is 7.50. The molecule has 0 saturated carbocycles. The van der Waals surface area contributed by atoms with E-state index < -0.39 is 0 Å². The van der Waals surface area contributed by atoms with Crippen molar-refractivity contribution in [2.75, 3.05) is 27.2 Å². The lowest BCUT2D eigenvalue weighted by Crippen LogP contribution is -3.05. The minimum atomic E-state index is 0.670. The summed E-state index contributed by atoms with van der Waals surface area (Å²) in [5.41, 5.74) is 1.13. The summed E-state index contributed by atoms with van der Waals surface area (Å²) in [6, 6.07) is 3.93. The second-order valence-corrected chi connectivity index (χ2v) is 5.48. The van der Waals surface area contributed by atoms with E-state index in [1.54, 1.807) is 0 Å². The summed E-state index contributed by atoms with van der Waals surface area (Å²) in [7, 11) is 4.27. The molecular formula is C12H18BrClNO+. The van der Waals surface area contributed by atoms with Crippen molar-refractivity contribution in [1.82, 2.24) is 0 Å². The zero-order chi connectivity index (χ0) is 12.1. The van der Waals surface area contributed by atoms with Gasteiger partial charge in [0, 0.05) is 6.42 Å². The highest BCUT2D eigenvalue weighted by Gasteiger charge is 2.07. The van der Waals surface area contributed by atoms with Crippen molar-refractivity contribution in [3.05, 3.63) is 27.2 Å². The molecule has 0 unspecified atom stereocenters. The summed E-state index contributed by atoms with van der Waals surface area (Å²) in [5.74, 6) is 0.751. The molecule has 1 rings (SSSR count). The molecule has 0 aliphatic heterocycles. The van der Waals surface area contributed by atoms with Crippen molar-refractivity contribution >= 4 is 27.5 Å². The van der Waals surface area contributed by atoms with Gasteiger partial charge < -0.3 is 9.64 Å². The highest BCUT2D eigenvalue weighted by atomic mass is 79.9. The van der Waals surface area contributed by atoms with E-state index >= 15 is 0 Å². The lowest BCUT2D eigenvalue weighted by atomic mass is 10.2. The van der Waals surface area contributed by atoms with E-state index in [0.29, 0.717) is 11.6 Å². The predicted molar refractivity (Wildman–Crippen MR) is 71.7 cm³/mol. The Labute approximate surface area is 111 Å². The number of benzene rings is 1. The van der Waals surface area contributed by atoms with Crippen molar-refractivity contribution in [3.63, 3.8) is 0 Å². The lowest BCUT2D eigenvalue weighted by Gasteiger charge is -2.12. The van der Waals surface area contributed by atoms with Gasteiger partial charge in [-0.25, -0.2) is 0 Å². The number of quaternary nitrogens is 1. The molecule has 0 saturated heterocycles. The van der Waals surface area contributed by atoms with Crippen molar-refractivity contribution in [2.24, 2.45) is 0 Å². The van der Waals surface area contributed by atoms with Crippen LogP contribution in [0.5, 0.6) is 5.75 Å². The second kappa shape index (κ2) is 6.48. The van der Waals surface area contributed by atoms with Crippen LogP contribution in [0.3, 0.4) is 0 Å². The summed E-state index contributed by atoms with van der Waals surface area (Å²) >= 11 is 9.58. The van der Waals surface area contributed by atoms with Gasteiger partial charge in [0.2, 0.25) is 0 Å². The molecule has 0 spiro atoms. The zero-order valence-electron chi connectivity index (χ0n) is 9.94. The maximum atomic E-state index is 6.12. The Hall–Kier alpha value is -0.250. The SMILES string of the molecule is Cc1cc(Cl)c(OCCC[NH+](C)C)c(Br)c1. The number of rotatable bonds is 5. The number of hydrogen-bond donors (Lipinski definition) is 1. The van der Waals surface area contributed by atoms with E-state index in [2.05, 4.69) is 30.0 Å². The molecule has 0 bridgehead atoms. The molecule has 0 heterocycles. The van der Waals surface area contributed by atoms with Crippen LogP contribution in [-0.2, 0) is 0 Å². The molecule has 1 N–H and O–H groups in total. The Kier molecular flexibility index (Phi) is 5.59. The van der Waals surface area contributed by atoms with Gasteiger partial charge in [-0.1, -0.05) is 11.6 Å². The topological polar surface area (TPSA) is 13.7 Å². The average molecular weight is 308 g/mol. The number of aryl methyl sites for hydroxylation is 1. The average Bonchev–Trinajstić information content (AvgIpc) is 2.14. The van der Waals surface area contributed by atoms with Gasteiger partial charge in [0.05, 0.1) is 36.7 Å². The Morgan fingerprint density at radius 1 is 1.38 bits per heavy atom. The molecule has 2 nitrogen and oxygen atoms in total. The molecule has 0 atom stereocenters. The Balaban J connectivity index is 2.54. The minimum absolute atomic E-state index is 0.670. The first-order valence-electron chi connectivity index (χ1n) is 5.38. The number of nitrogens with one attached hydrogen (secondary N) is 1. The number of halogens is 2. The third kappa shape index (κ3) is 4.32. The highest BCUT2D eigenvalue weighted by molar-refractivity contribution is 9.10. The fourth-order valence-corrected chi connectivity index (χ4v) is 2.56. The standard InChI is InChI=1S/C12H17BrClNO/c1-9-7-10(13)12(11(14)8-9)16-6-4-5-15(2)3/h7-8H,4-6H2,1-3H3/p+1. The van der Waals surface area contributed by atoms with E-state index in [-0.39, 0.29) is 0 Å². The predicted octanol–water partition coefficient (Wildman–Crippen LogP) is 2.32. The molecule has 16 heavy (non-hydrogen) atoms. The molecule has 90 valence electrons. The van der Waals surface area contributed by atoms with Gasteiger partial charge in [0.25, 0.3) is 0 Å². The summed E-state index contributed by atoms with van der Waals surface area (Å²) in [6.45, 7) is 3.81. The highest BCUT2D eigenvalue weighted by Crippen LogP contribution is 2.34. The summed E-state index contributed by atoms with van der Waals surface area (Å²) in [5, 5.41) is 0.670. The normalized spacial score (nSPS) is 10.9. The maximum absolute atomic E-state index is 6.12. The Morgan fingerprint density at radius 2 is 2.06 bits per heavy atom. The molecule has 0 radical (unpaired) electrons. The van der Waals surface area contributed by atoms with Crippen LogP contribution in [0.15, 0.2) is 16.6 Å². The fraction of sp³-hybridized carbons (Fsp3) is 0.500. The Bertz CT molecular complexity index is 332. The smallest absolute Gasteiger partial charge is 0.152 e. The molecule has 0 aromatic heterocycles. The summed E-state index contributed by atoms with van der Waals surface area (Å²) < 4.78 is 6.61. The third-order valence-corrected chi connectivity index (χ3v) is 3.08. The lowest BCUT2D eigenvalue weighted by molar-refractivity contribution is -0.858. The number of ether oxygens (including phenoxy) is 1. The van der Waals surface area contributed by atoms with Crippen molar-refractivity contribution < 1.29 is 9.64 Å². The largest absolute Gasteiger partial charge is 0.491 e. The molecule has 0 aliphatic rings. The van der Waals surface area contributed by atoms with Gasteiger partial charge in [-0.2, -0.15) is 0 Å². The van der Waals surface area contributed by atoms with Crippen molar-refractivity contribution in [3.8, 4) is 5.75 Å². The fourth-order valence-electron chi connectivity index (χ4n) is 1.42. The Morgan fingerprint density at radius 3 is 2.62 bits per heavy atom. The van der Waals surface area contributed by atoms with Gasteiger partial charge in [0.1, 0.15) is 0 Å². The molecule has 0 amide bonds. The van der Waals surface area contributed by atoms with Crippen molar-refractivity contribution in [1.29, 1.82) is 0 Å². The van der Waals surface area contributed by atoms with Gasteiger partial charge in [-0.15, -0.1) is 0 Å². The van der Waals surface area contributed by atoms with E-state index in [0.717, 1.165) is 28.8 Å². The van der Waals surface area contributed by atoms with Gasteiger partial charge in [-0.3, -0.25) is 0 Å². The molecule has 1 aromatic rings. The first-order valence-corrected chi connectivity index (χ1v) is 6.55. The molecule has 0 aliphatic carbocycles. The van der Waals surface area contributed by atoms with E-state index in [1.807, 2.05) is 19.1 Å². The molecule has 1 aromatic carbocycles. The number of hydrogen-bond acceptors (Lipinski definition) is 1. The van der Waals surface area contributed by atoms with Gasteiger partial charge >= 0.3 is 0 Å². The molecular weight excluding hydrogens is 289 g/mol. The van der Waals surface area contributed by atoms with Gasteiger partial charge in [-0.05, 0) is 40.5 Å². The molecule has 0 fully saturated rings. The van der Waals surface area contributed by atoms with Crippen LogP contribution in [0, 0.1) is 6.92 Å². The maximum Gasteiger partial charge on any atom is 0.152 e. The zero-order valence-corrected chi connectivity index (χ0v) is 12.3. The van der Waals surface area contributed by atoms with Crippen LogP contribution in [0.25, 0.3) is 0 Å². The first kappa shape index (κ1) is 13.8. The van der Waals surface area contributed by atoms with Crippen LogP contribution >= 0.6 is 27.5 Å². The van der Waals surface area contributed by atoms with Crippen molar-refractivity contribution in [2.45, 2.75) is 13.3 Å². The minimum Gasteiger partial charge on any atom is -0.491 e. The van der Waals surface area contributed by atoms with E-state index in [4.69, 9.17) is 16.3 Å². The van der Waals surface area contributed by atoms with Crippen LogP contribution in [0.1, 0.15) is 12.0 Å².